The molecular formula is C22H19FN4O3S. The second kappa shape index (κ2) is 9.48. The number of aromatic nitrogens is 3. The third-order valence-corrected chi connectivity index (χ3v) is 5.25. The van der Waals surface area contributed by atoms with Crippen molar-refractivity contribution in [3.05, 3.63) is 71.5 Å². The van der Waals surface area contributed by atoms with E-state index < -0.39 is 0 Å². The minimum atomic E-state index is -0.292. The van der Waals surface area contributed by atoms with Gasteiger partial charge in [-0.15, -0.1) is 21.5 Å². The molecule has 4 rings (SSSR count). The lowest BCUT2D eigenvalue weighted by Crippen LogP contribution is -2.29. The van der Waals surface area contributed by atoms with Crippen molar-refractivity contribution in [2.24, 2.45) is 0 Å². The normalized spacial score (nSPS) is 11.3. The van der Waals surface area contributed by atoms with Crippen molar-refractivity contribution in [3.63, 3.8) is 0 Å². The van der Waals surface area contributed by atoms with Crippen LogP contribution in [-0.4, -0.2) is 32.5 Å². The number of carbonyl (C=O) groups excluding carboxylic acids is 1. The third-order valence-electron chi connectivity index (χ3n) is 4.34. The molecule has 0 aliphatic carbocycles. The summed E-state index contributed by atoms with van der Waals surface area (Å²) in [5.41, 5.74) is 1.49. The van der Waals surface area contributed by atoms with Crippen molar-refractivity contribution in [1.82, 2.24) is 20.1 Å². The fourth-order valence-electron chi connectivity index (χ4n) is 2.87. The molecule has 7 nitrogen and oxygen atoms in total. The highest BCUT2D eigenvalue weighted by atomic mass is 32.1. The Morgan fingerprint density at radius 2 is 2.06 bits per heavy atom. The van der Waals surface area contributed by atoms with Gasteiger partial charge in [0.05, 0.1) is 18.5 Å². The van der Waals surface area contributed by atoms with Gasteiger partial charge in [0.2, 0.25) is 11.8 Å². The molecule has 0 aliphatic heterocycles. The summed E-state index contributed by atoms with van der Waals surface area (Å²) in [7, 11) is 0. The number of hydrogen-bond acceptors (Lipinski definition) is 7. The predicted octanol–water partition coefficient (Wildman–Crippen LogP) is 5.04. The van der Waals surface area contributed by atoms with Gasteiger partial charge in [-0.1, -0.05) is 6.92 Å². The molecule has 3 heterocycles. The molecule has 0 N–H and O–H groups in total. The van der Waals surface area contributed by atoms with Crippen LogP contribution in [0.4, 0.5) is 4.39 Å². The van der Waals surface area contributed by atoms with E-state index in [1.807, 2.05) is 12.3 Å². The van der Waals surface area contributed by atoms with Gasteiger partial charge >= 0.3 is 0 Å². The predicted molar refractivity (Wildman–Crippen MR) is 114 cm³/mol. The number of carbonyl (C=O) groups is 1. The fourth-order valence-corrected chi connectivity index (χ4v) is 3.66. The van der Waals surface area contributed by atoms with Crippen LogP contribution in [0.1, 0.15) is 24.9 Å². The molecule has 0 unspecified atom stereocenters. The van der Waals surface area contributed by atoms with Gasteiger partial charge in [-0.2, -0.15) is 0 Å². The van der Waals surface area contributed by atoms with Crippen LogP contribution in [0.15, 0.2) is 63.0 Å². The highest BCUT2D eigenvalue weighted by molar-refractivity contribution is 7.13. The molecule has 0 bridgehead atoms. The largest absolute Gasteiger partial charge is 0.459 e. The molecule has 158 valence electrons. The van der Waals surface area contributed by atoms with Crippen LogP contribution in [0.25, 0.3) is 28.3 Å². The number of amides is 1. The summed E-state index contributed by atoms with van der Waals surface area (Å²) in [6.07, 6.45) is 5.45. The van der Waals surface area contributed by atoms with Gasteiger partial charge < -0.3 is 13.7 Å². The summed E-state index contributed by atoms with van der Waals surface area (Å²) in [4.78, 5) is 18.8. The maximum absolute atomic E-state index is 13.1. The molecule has 0 aliphatic rings. The van der Waals surface area contributed by atoms with Gasteiger partial charge in [-0.05, 0) is 48.9 Å². The topological polar surface area (TPSA) is 85.3 Å². The van der Waals surface area contributed by atoms with Crippen LogP contribution in [-0.2, 0) is 11.3 Å². The summed E-state index contributed by atoms with van der Waals surface area (Å²) < 4.78 is 23.9. The molecule has 0 atom stereocenters. The molecule has 4 aromatic rings. The smallest absolute Gasteiger partial charge is 0.283 e. The van der Waals surface area contributed by atoms with Crippen LogP contribution in [0, 0.1) is 5.82 Å². The number of thiazole rings is 1. The Hall–Kier alpha value is -3.59. The molecule has 0 fully saturated rings. The van der Waals surface area contributed by atoms with Gasteiger partial charge in [0.15, 0.2) is 5.76 Å². The number of benzene rings is 1. The van der Waals surface area contributed by atoms with Crippen LogP contribution in [0.3, 0.4) is 0 Å². The van der Waals surface area contributed by atoms with Crippen molar-refractivity contribution in [1.29, 1.82) is 0 Å². The molecule has 1 amide bonds. The number of halogens is 1. The Labute approximate surface area is 181 Å². The SMILES string of the molecule is CCCN(Cc1nnc(-c2ccco2)o1)C(=O)C=Cc1csc(-c2ccc(F)cc2)n1. The van der Waals surface area contributed by atoms with Crippen molar-refractivity contribution >= 4 is 23.3 Å². The quantitative estimate of drug-likeness (QED) is 0.358. The van der Waals surface area contributed by atoms with Crippen LogP contribution < -0.4 is 0 Å². The van der Waals surface area contributed by atoms with Crippen LogP contribution >= 0.6 is 11.3 Å². The summed E-state index contributed by atoms with van der Waals surface area (Å²) in [5, 5.41) is 10.6. The van der Waals surface area contributed by atoms with Crippen LogP contribution in [0.5, 0.6) is 0 Å². The number of rotatable bonds is 8. The van der Waals surface area contributed by atoms with Gasteiger partial charge in [0.1, 0.15) is 10.8 Å². The highest BCUT2D eigenvalue weighted by Crippen LogP contribution is 2.24. The average molecular weight is 438 g/mol. The maximum atomic E-state index is 13.1. The average Bonchev–Trinajstić information content (AvgIpc) is 3.53. The molecule has 0 spiro atoms. The number of furan rings is 1. The molecule has 0 saturated heterocycles. The first-order valence-corrected chi connectivity index (χ1v) is 10.5. The van der Waals surface area contributed by atoms with Gasteiger partial charge in [-0.3, -0.25) is 4.79 Å². The lowest BCUT2D eigenvalue weighted by molar-refractivity contribution is -0.126. The highest BCUT2D eigenvalue weighted by Gasteiger charge is 2.17. The molecule has 9 heteroatoms. The summed E-state index contributed by atoms with van der Waals surface area (Å²) in [5.74, 6) is 0.604. The summed E-state index contributed by atoms with van der Waals surface area (Å²) in [6.45, 7) is 2.73. The van der Waals surface area contributed by atoms with E-state index >= 15 is 0 Å². The first kappa shape index (κ1) is 20.7. The van der Waals surface area contributed by atoms with Crippen molar-refractivity contribution in [2.45, 2.75) is 19.9 Å². The lowest BCUT2D eigenvalue weighted by Gasteiger charge is -2.18. The van der Waals surface area contributed by atoms with Crippen LogP contribution in [0.2, 0.25) is 0 Å². The first-order chi connectivity index (χ1) is 15.1. The summed E-state index contributed by atoms with van der Waals surface area (Å²) >= 11 is 1.43. The van der Waals surface area contributed by atoms with E-state index in [-0.39, 0.29) is 24.2 Å². The Bertz CT molecular complexity index is 1170. The van der Waals surface area contributed by atoms with Gasteiger partial charge in [0.25, 0.3) is 5.89 Å². The summed E-state index contributed by atoms with van der Waals surface area (Å²) in [6, 6.07) is 9.61. The van der Waals surface area contributed by atoms with Crippen molar-refractivity contribution in [2.75, 3.05) is 6.54 Å². The lowest BCUT2D eigenvalue weighted by atomic mass is 10.2. The molecule has 31 heavy (non-hydrogen) atoms. The molecule has 3 aromatic heterocycles. The van der Waals surface area contributed by atoms with Crippen molar-refractivity contribution in [3.8, 4) is 22.2 Å². The Morgan fingerprint density at radius 3 is 2.81 bits per heavy atom. The second-order valence-electron chi connectivity index (χ2n) is 6.66. The monoisotopic (exact) mass is 438 g/mol. The molecule has 0 radical (unpaired) electrons. The zero-order chi connectivity index (χ0) is 21.6. The van der Waals surface area contributed by atoms with E-state index in [9.17, 15) is 9.18 Å². The molecular weight excluding hydrogens is 419 g/mol. The van der Waals surface area contributed by atoms with E-state index in [1.54, 1.807) is 35.2 Å². The molecule has 0 saturated carbocycles. The zero-order valence-electron chi connectivity index (χ0n) is 16.7. The number of hydrogen-bond donors (Lipinski definition) is 0. The van der Waals surface area contributed by atoms with E-state index in [1.165, 1.54) is 35.8 Å². The molecule has 1 aromatic carbocycles. The van der Waals surface area contributed by atoms with E-state index in [2.05, 4.69) is 15.2 Å². The van der Waals surface area contributed by atoms with Crippen molar-refractivity contribution < 1.29 is 18.0 Å². The Kier molecular flexibility index (Phi) is 6.32. The van der Waals surface area contributed by atoms with Gasteiger partial charge in [-0.25, -0.2) is 9.37 Å². The standard InChI is InChI=1S/C22H19FN4O3S/c1-2-11-27(13-19-25-26-21(30-19)18-4-3-12-29-18)20(28)10-9-17-14-31-22(24-17)15-5-7-16(23)8-6-15/h3-10,12,14H,2,11,13H2,1H3. The minimum absolute atomic E-state index is 0.184. The fraction of sp³-hybridized carbons (Fsp3) is 0.182. The van der Waals surface area contributed by atoms with Gasteiger partial charge in [0, 0.05) is 23.6 Å². The van der Waals surface area contributed by atoms with E-state index in [0.29, 0.717) is 23.9 Å². The number of nitrogens with zero attached hydrogens (tertiary/aromatic N) is 4. The third kappa shape index (κ3) is 5.13. The Balaban J connectivity index is 1.42. The maximum Gasteiger partial charge on any atom is 0.283 e. The first-order valence-electron chi connectivity index (χ1n) is 9.67. The van der Waals surface area contributed by atoms with E-state index in [0.717, 1.165) is 17.0 Å². The Morgan fingerprint density at radius 1 is 1.23 bits per heavy atom. The zero-order valence-corrected chi connectivity index (χ0v) is 17.5. The van der Waals surface area contributed by atoms with E-state index in [4.69, 9.17) is 8.83 Å². The second-order valence-corrected chi connectivity index (χ2v) is 7.51. The minimum Gasteiger partial charge on any atom is -0.459 e.